The summed E-state index contributed by atoms with van der Waals surface area (Å²) >= 11 is 0. The van der Waals surface area contributed by atoms with Gasteiger partial charge < -0.3 is 21.1 Å². The predicted molar refractivity (Wildman–Crippen MR) is 150 cm³/mol. The smallest absolute Gasteiger partial charge is 0.265 e. The fraction of sp³-hybridized carbons (Fsp3) is 0.233. The second kappa shape index (κ2) is 9.14. The van der Waals surface area contributed by atoms with Gasteiger partial charge in [0.1, 0.15) is 11.5 Å². The molecule has 2 aliphatic rings. The molecule has 4 heterocycles. The van der Waals surface area contributed by atoms with Crippen LogP contribution in [0.4, 0.5) is 10.3 Å². The third-order valence-corrected chi connectivity index (χ3v) is 7.77. The van der Waals surface area contributed by atoms with E-state index in [1.165, 1.54) is 16.2 Å². The van der Waals surface area contributed by atoms with Crippen molar-refractivity contribution < 1.29 is 9.50 Å². The number of benzene rings is 2. The summed E-state index contributed by atoms with van der Waals surface area (Å²) in [6.07, 6.45) is 6.76. The molecule has 0 amide bonds. The van der Waals surface area contributed by atoms with E-state index in [1.54, 1.807) is 24.4 Å². The molecule has 5 N–H and O–H groups in total. The Labute approximate surface area is 223 Å². The molecule has 7 rings (SSSR count). The zero-order valence-corrected chi connectivity index (χ0v) is 21.2. The number of hydrogen-bond donors (Lipinski definition) is 4. The number of aliphatic hydroxyl groups excluding tert-OH is 1. The van der Waals surface area contributed by atoms with Gasteiger partial charge in [0, 0.05) is 34.9 Å². The molecule has 1 fully saturated rings. The highest BCUT2D eigenvalue weighted by Gasteiger charge is 2.25. The Hall–Kier alpha value is -4.34. The number of anilines is 1. The number of rotatable bonds is 5. The Morgan fingerprint density at radius 1 is 1.15 bits per heavy atom. The quantitative estimate of drug-likeness (QED) is 0.272. The first kappa shape index (κ1) is 23.8. The van der Waals surface area contributed by atoms with Crippen molar-refractivity contribution in [1.82, 2.24) is 24.8 Å². The number of nitrogens with zero attached hydrogens (tertiary/aromatic N) is 3. The number of hydrogen-bond acceptors (Lipinski definition) is 6. The van der Waals surface area contributed by atoms with Crippen LogP contribution in [0, 0.1) is 5.82 Å². The zero-order chi connectivity index (χ0) is 26.7. The molecular formula is C30H27FN6O2. The molecule has 0 spiro atoms. The first-order chi connectivity index (χ1) is 19.0. The van der Waals surface area contributed by atoms with E-state index in [2.05, 4.69) is 26.3 Å². The number of fused-ring (bicyclic) bond motifs is 2. The van der Waals surface area contributed by atoms with Gasteiger partial charge in [-0.25, -0.2) is 9.37 Å². The Morgan fingerprint density at radius 2 is 2.03 bits per heavy atom. The molecule has 0 saturated heterocycles. The molecule has 8 nitrogen and oxygen atoms in total. The summed E-state index contributed by atoms with van der Waals surface area (Å²) in [6, 6.07) is 12.5. The first-order valence-electron chi connectivity index (χ1n) is 13.2. The monoisotopic (exact) mass is 522 g/mol. The second-order valence-electron chi connectivity index (χ2n) is 10.3. The number of H-pyrrole nitrogens is 1. The van der Waals surface area contributed by atoms with Crippen molar-refractivity contribution >= 4 is 33.3 Å². The standard InChI is InChI=1S/C30H27FN6O2/c31-23-13-19(16-4-5-16)12-18-8-11-37(29(39)26(18)23)25-3-1-2-20(22(25)15-38)27-21-14-24(17-6-9-33-10-7-17)34-28(21)36-30(32)35-27/h1-3,6,8,11-14,16,33,38H,4-5,7,9-10,15H2,(H3,32,34,35,36). The molecular weight excluding hydrogens is 495 g/mol. The maximum Gasteiger partial charge on any atom is 0.265 e. The Bertz CT molecular complexity index is 1870. The molecule has 39 heavy (non-hydrogen) atoms. The van der Waals surface area contributed by atoms with Crippen molar-refractivity contribution in [3.05, 3.63) is 87.7 Å². The fourth-order valence-electron chi connectivity index (χ4n) is 5.65. The lowest BCUT2D eigenvalue weighted by atomic mass is 9.99. The summed E-state index contributed by atoms with van der Waals surface area (Å²) in [5.74, 6) is -0.0511. The molecule has 3 aromatic heterocycles. The Morgan fingerprint density at radius 3 is 2.79 bits per heavy atom. The molecule has 1 saturated carbocycles. The molecule has 196 valence electrons. The van der Waals surface area contributed by atoms with Gasteiger partial charge in [-0.3, -0.25) is 9.36 Å². The van der Waals surface area contributed by atoms with Crippen molar-refractivity contribution in [3.63, 3.8) is 0 Å². The lowest BCUT2D eigenvalue weighted by Crippen LogP contribution is -2.20. The van der Waals surface area contributed by atoms with Crippen molar-refractivity contribution in [1.29, 1.82) is 0 Å². The van der Waals surface area contributed by atoms with Gasteiger partial charge in [0.15, 0.2) is 0 Å². The average Bonchev–Trinajstić information content (AvgIpc) is 3.71. The van der Waals surface area contributed by atoms with Crippen molar-refractivity contribution in [2.24, 2.45) is 0 Å². The van der Waals surface area contributed by atoms with Crippen molar-refractivity contribution in [2.75, 3.05) is 18.8 Å². The third kappa shape index (κ3) is 4.02. The van der Waals surface area contributed by atoms with Gasteiger partial charge >= 0.3 is 0 Å². The van der Waals surface area contributed by atoms with E-state index in [-0.39, 0.29) is 17.9 Å². The number of halogens is 1. The summed E-state index contributed by atoms with van der Waals surface area (Å²) in [4.78, 5) is 25.9. The molecule has 0 radical (unpaired) electrons. The number of nitrogens with two attached hydrogens (primary N) is 1. The van der Waals surface area contributed by atoms with E-state index in [1.807, 2.05) is 18.2 Å². The van der Waals surface area contributed by atoms with Gasteiger partial charge in [0.25, 0.3) is 5.56 Å². The number of aromatic nitrogens is 4. The van der Waals surface area contributed by atoms with E-state index in [4.69, 9.17) is 5.73 Å². The fourth-order valence-corrected chi connectivity index (χ4v) is 5.65. The van der Waals surface area contributed by atoms with Crippen LogP contribution in [0.1, 0.15) is 42.0 Å². The van der Waals surface area contributed by atoms with Gasteiger partial charge in [0.05, 0.1) is 23.4 Å². The maximum atomic E-state index is 15.2. The zero-order valence-electron chi connectivity index (χ0n) is 21.2. The van der Waals surface area contributed by atoms with Crippen LogP contribution < -0.4 is 16.6 Å². The predicted octanol–water partition coefficient (Wildman–Crippen LogP) is 4.40. The minimum Gasteiger partial charge on any atom is -0.392 e. The van der Waals surface area contributed by atoms with Crippen LogP contribution in [-0.4, -0.2) is 37.7 Å². The number of aliphatic hydroxyl groups is 1. The molecule has 9 heteroatoms. The highest BCUT2D eigenvalue weighted by atomic mass is 19.1. The number of pyridine rings is 1. The summed E-state index contributed by atoms with van der Waals surface area (Å²) in [5.41, 5.74) is 11.4. The van der Waals surface area contributed by atoms with Crippen molar-refractivity contribution in [2.45, 2.75) is 31.8 Å². The van der Waals surface area contributed by atoms with E-state index < -0.39 is 11.4 Å². The van der Waals surface area contributed by atoms with Gasteiger partial charge in [-0.2, -0.15) is 4.98 Å². The van der Waals surface area contributed by atoms with E-state index >= 15 is 4.39 Å². The maximum absolute atomic E-state index is 15.2. The largest absolute Gasteiger partial charge is 0.392 e. The molecule has 0 atom stereocenters. The van der Waals surface area contributed by atoms with Crippen LogP contribution in [0.3, 0.4) is 0 Å². The highest BCUT2D eigenvalue weighted by Crippen LogP contribution is 2.41. The van der Waals surface area contributed by atoms with Crippen LogP contribution in [0.15, 0.2) is 59.5 Å². The SMILES string of the molecule is Nc1nc(-c2cccc(-n3ccc4cc(C5CC5)cc(F)c4c3=O)c2CO)c2cc(C3=CCNCC3)[nH]c2n1. The Kier molecular flexibility index (Phi) is 5.57. The highest BCUT2D eigenvalue weighted by molar-refractivity contribution is 5.95. The molecule has 0 bridgehead atoms. The Balaban J connectivity index is 1.40. The van der Waals surface area contributed by atoms with E-state index in [0.717, 1.165) is 49.0 Å². The van der Waals surface area contributed by atoms with Gasteiger partial charge in [-0.15, -0.1) is 0 Å². The molecule has 1 aliphatic heterocycles. The summed E-state index contributed by atoms with van der Waals surface area (Å²) in [6.45, 7) is 1.32. The summed E-state index contributed by atoms with van der Waals surface area (Å²) in [5, 5.41) is 15.2. The van der Waals surface area contributed by atoms with Crippen LogP contribution in [0.5, 0.6) is 0 Å². The first-order valence-corrected chi connectivity index (χ1v) is 13.2. The topological polar surface area (TPSA) is 122 Å². The van der Waals surface area contributed by atoms with Gasteiger partial charge in [-0.05, 0) is 72.5 Å². The van der Waals surface area contributed by atoms with Gasteiger partial charge in [-0.1, -0.05) is 24.3 Å². The molecule has 2 aromatic carbocycles. The minimum atomic E-state index is -0.521. The number of nitrogen functional groups attached to an aromatic ring is 1. The lowest BCUT2D eigenvalue weighted by Gasteiger charge is -2.16. The van der Waals surface area contributed by atoms with Crippen LogP contribution in [0.2, 0.25) is 0 Å². The van der Waals surface area contributed by atoms with Crippen molar-refractivity contribution in [3.8, 4) is 16.9 Å². The molecule has 1 aliphatic carbocycles. The van der Waals surface area contributed by atoms with E-state index in [9.17, 15) is 9.90 Å². The normalized spacial score (nSPS) is 15.7. The van der Waals surface area contributed by atoms with Gasteiger partial charge in [0.2, 0.25) is 5.95 Å². The summed E-state index contributed by atoms with van der Waals surface area (Å²) in [7, 11) is 0. The number of nitrogens with one attached hydrogen (secondary N) is 2. The minimum absolute atomic E-state index is 0.0374. The van der Waals surface area contributed by atoms with Crippen LogP contribution in [0.25, 0.3) is 44.3 Å². The average molecular weight is 523 g/mol. The summed E-state index contributed by atoms with van der Waals surface area (Å²) < 4.78 is 16.6. The second-order valence-corrected chi connectivity index (χ2v) is 10.3. The lowest BCUT2D eigenvalue weighted by molar-refractivity contribution is 0.282. The number of aromatic amines is 1. The van der Waals surface area contributed by atoms with E-state index in [0.29, 0.717) is 39.5 Å². The van der Waals surface area contributed by atoms with Crippen LogP contribution >= 0.6 is 0 Å². The van der Waals surface area contributed by atoms with Crippen LogP contribution in [-0.2, 0) is 6.61 Å². The molecule has 0 unspecified atom stereocenters. The molecule has 5 aromatic rings. The third-order valence-electron chi connectivity index (χ3n) is 7.77.